The Balaban J connectivity index is 2.72. The van der Waals surface area contributed by atoms with Gasteiger partial charge in [-0.25, -0.2) is 0 Å². The molecule has 1 aromatic carbocycles. The molecule has 2 aromatic rings. The van der Waals surface area contributed by atoms with E-state index in [1.54, 1.807) is 6.92 Å². The van der Waals surface area contributed by atoms with Gasteiger partial charge >= 0.3 is 5.97 Å². The average molecular weight is 234 g/mol. The third kappa shape index (κ3) is 1.99. The van der Waals surface area contributed by atoms with Crippen molar-refractivity contribution in [2.24, 2.45) is 0 Å². The number of hydrogen-bond acceptors (Lipinski definition) is 5. The van der Waals surface area contributed by atoms with E-state index in [0.717, 1.165) is 0 Å². The lowest BCUT2D eigenvalue weighted by atomic mass is 10.1. The van der Waals surface area contributed by atoms with Crippen molar-refractivity contribution in [1.82, 2.24) is 0 Å². The number of phenols is 1. The summed E-state index contributed by atoms with van der Waals surface area (Å²) in [6, 6.07) is 2.59. The lowest BCUT2D eigenvalue weighted by molar-refractivity contribution is -0.131. The highest BCUT2D eigenvalue weighted by Gasteiger charge is 2.12. The van der Waals surface area contributed by atoms with Crippen LogP contribution in [0.4, 0.5) is 0 Å². The zero-order valence-corrected chi connectivity index (χ0v) is 9.31. The molecule has 1 aromatic heterocycles. The minimum absolute atomic E-state index is 0.0842. The van der Waals surface area contributed by atoms with Crippen LogP contribution in [-0.2, 0) is 4.79 Å². The van der Waals surface area contributed by atoms with Crippen molar-refractivity contribution in [3.05, 3.63) is 34.2 Å². The lowest BCUT2D eigenvalue weighted by Gasteiger charge is -2.05. The van der Waals surface area contributed by atoms with Crippen molar-refractivity contribution in [3.63, 3.8) is 0 Å². The summed E-state index contributed by atoms with van der Waals surface area (Å²) in [5.41, 5.74) is 0.267. The van der Waals surface area contributed by atoms with Crippen LogP contribution in [0.3, 0.4) is 0 Å². The Kier molecular flexibility index (Phi) is 2.59. The number of carbonyl (C=O) groups excluding carboxylic acids is 1. The van der Waals surface area contributed by atoms with Crippen molar-refractivity contribution >= 4 is 16.9 Å². The molecule has 0 unspecified atom stereocenters. The van der Waals surface area contributed by atoms with E-state index in [-0.39, 0.29) is 27.9 Å². The number of phenolic OH excluding ortho intramolecular Hbond substituents is 1. The van der Waals surface area contributed by atoms with E-state index in [9.17, 15) is 14.7 Å². The van der Waals surface area contributed by atoms with Crippen molar-refractivity contribution in [2.75, 3.05) is 0 Å². The molecule has 0 amide bonds. The number of fused-ring (bicyclic) bond motifs is 1. The molecule has 1 heterocycles. The topological polar surface area (TPSA) is 76.7 Å². The van der Waals surface area contributed by atoms with Gasteiger partial charge in [0.15, 0.2) is 5.43 Å². The van der Waals surface area contributed by atoms with Gasteiger partial charge in [-0.05, 0) is 6.92 Å². The summed E-state index contributed by atoms with van der Waals surface area (Å²) in [6.07, 6.45) is 1.29. The van der Waals surface area contributed by atoms with E-state index in [0.29, 0.717) is 5.56 Å². The van der Waals surface area contributed by atoms with Gasteiger partial charge in [0.05, 0.1) is 6.26 Å². The number of carbonyl (C=O) groups is 1. The second-order valence-corrected chi connectivity index (χ2v) is 3.66. The Morgan fingerprint density at radius 2 is 2.12 bits per heavy atom. The second kappa shape index (κ2) is 3.93. The molecule has 2 rings (SSSR count). The maximum Gasteiger partial charge on any atom is 0.308 e. The third-order valence-electron chi connectivity index (χ3n) is 2.26. The molecule has 17 heavy (non-hydrogen) atoms. The number of aromatic hydroxyl groups is 1. The van der Waals surface area contributed by atoms with Gasteiger partial charge in [0.2, 0.25) is 0 Å². The van der Waals surface area contributed by atoms with Crippen LogP contribution < -0.4 is 10.2 Å². The normalized spacial score (nSPS) is 10.5. The molecule has 1 N–H and O–H groups in total. The quantitative estimate of drug-likeness (QED) is 0.600. The van der Waals surface area contributed by atoms with Gasteiger partial charge in [0, 0.05) is 24.6 Å². The Morgan fingerprint density at radius 3 is 2.76 bits per heavy atom. The summed E-state index contributed by atoms with van der Waals surface area (Å²) < 4.78 is 9.99. The molecular weight excluding hydrogens is 224 g/mol. The molecule has 0 saturated carbocycles. The van der Waals surface area contributed by atoms with E-state index in [4.69, 9.17) is 9.15 Å². The minimum Gasteiger partial charge on any atom is -0.507 e. The fourth-order valence-electron chi connectivity index (χ4n) is 1.52. The predicted octanol–water partition coefficient (Wildman–Crippen LogP) is 1.73. The first-order valence-corrected chi connectivity index (χ1v) is 4.92. The third-order valence-corrected chi connectivity index (χ3v) is 2.26. The van der Waals surface area contributed by atoms with E-state index in [1.165, 1.54) is 25.3 Å². The average Bonchev–Trinajstić information content (AvgIpc) is 2.22. The van der Waals surface area contributed by atoms with E-state index < -0.39 is 5.97 Å². The Morgan fingerprint density at radius 1 is 1.41 bits per heavy atom. The van der Waals surface area contributed by atoms with Crippen LogP contribution in [0.25, 0.3) is 11.0 Å². The van der Waals surface area contributed by atoms with Crippen LogP contribution in [0, 0.1) is 6.92 Å². The van der Waals surface area contributed by atoms with Crippen LogP contribution in [0.2, 0.25) is 0 Å². The molecule has 0 aliphatic carbocycles. The van der Waals surface area contributed by atoms with Crippen LogP contribution in [0.15, 0.2) is 27.6 Å². The summed E-state index contributed by atoms with van der Waals surface area (Å²) in [5, 5.41) is 9.80. The monoisotopic (exact) mass is 234 g/mol. The minimum atomic E-state index is -0.516. The second-order valence-electron chi connectivity index (χ2n) is 3.66. The molecule has 0 spiro atoms. The summed E-state index contributed by atoms with van der Waals surface area (Å²) in [5.74, 6) is -0.649. The summed E-state index contributed by atoms with van der Waals surface area (Å²) in [4.78, 5) is 22.5. The van der Waals surface area contributed by atoms with Gasteiger partial charge in [0.1, 0.15) is 22.5 Å². The van der Waals surface area contributed by atoms with Crippen LogP contribution >= 0.6 is 0 Å². The van der Waals surface area contributed by atoms with Crippen LogP contribution in [-0.4, -0.2) is 11.1 Å². The molecule has 0 bridgehead atoms. The fourth-order valence-corrected chi connectivity index (χ4v) is 1.52. The SMILES string of the molecule is CC(=O)Oc1cc(O)c2c(=O)c(C)coc2c1. The number of esters is 1. The first-order chi connectivity index (χ1) is 7.99. The molecule has 88 valence electrons. The molecule has 0 radical (unpaired) electrons. The smallest absolute Gasteiger partial charge is 0.308 e. The van der Waals surface area contributed by atoms with Gasteiger partial charge in [0.25, 0.3) is 0 Å². The molecule has 5 heteroatoms. The van der Waals surface area contributed by atoms with Crippen LogP contribution in [0.5, 0.6) is 11.5 Å². The molecule has 5 nitrogen and oxygen atoms in total. The maximum absolute atomic E-state index is 11.8. The summed E-state index contributed by atoms with van der Waals surface area (Å²) in [7, 11) is 0. The standard InChI is InChI=1S/C12H10O5/c1-6-5-16-10-4-8(17-7(2)13)3-9(14)11(10)12(6)15/h3-5,14H,1-2H3. The number of aryl methyl sites for hydroxylation is 1. The predicted molar refractivity (Wildman–Crippen MR) is 60.2 cm³/mol. The molecule has 0 aliphatic heterocycles. The summed E-state index contributed by atoms with van der Waals surface area (Å²) in [6.45, 7) is 2.83. The van der Waals surface area contributed by atoms with Crippen molar-refractivity contribution in [3.8, 4) is 11.5 Å². The number of rotatable bonds is 1. The van der Waals surface area contributed by atoms with Gasteiger partial charge in [-0.1, -0.05) is 0 Å². The van der Waals surface area contributed by atoms with Gasteiger partial charge < -0.3 is 14.3 Å². The Labute approximate surface area is 96.2 Å². The maximum atomic E-state index is 11.8. The molecule has 0 fully saturated rings. The Hall–Kier alpha value is -2.30. The van der Waals surface area contributed by atoms with E-state index in [2.05, 4.69) is 0 Å². The molecule has 0 aliphatic rings. The van der Waals surface area contributed by atoms with Gasteiger partial charge in [-0.3, -0.25) is 9.59 Å². The number of ether oxygens (including phenoxy) is 1. The van der Waals surface area contributed by atoms with E-state index >= 15 is 0 Å². The van der Waals surface area contributed by atoms with Gasteiger partial charge in [-0.2, -0.15) is 0 Å². The van der Waals surface area contributed by atoms with E-state index in [1.807, 2.05) is 0 Å². The summed E-state index contributed by atoms with van der Waals surface area (Å²) >= 11 is 0. The Bertz CT molecular complexity index is 654. The number of benzene rings is 1. The lowest BCUT2D eigenvalue weighted by Crippen LogP contribution is -2.06. The van der Waals surface area contributed by atoms with Crippen molar-refractivity contribution in [2.45, 2.75) is 13.8 Å². The van der Waals surface area contributed by atoms with Crippen molar-refractivity contribution in [1.29, 1.82) is 0 Å². The highest BCUT2D eigenvalue weighted by Crippen LogP contribution is 2.28. The highest BCUT2D eigenvalue weighted by atomic mass is 16.5. The first kappa shape index (κ1) is 11.2. The molecular formula is C12H10O5. The largest absolute Gasteiger partial charge is 0.507 e. The molecule has 0 saturated heterocycles. The van der Waals surface area contributed by atoms with Crippen LogP contribution in [0.1, 0.15) is 12.5 Å². The first-order valence-electron chi connectivity index (χ1n) is 4.92. The van der Waals surface area contributed by atoms with Gasteiger partial charge in [-0.15, -0.1) is 0 Å². The fraction of sp³-hybridized carbons (Fsp3) is 0.167. The molecule has 0 atom stereocenters. The highest BCUT2D eigenvalue weighted by molar-refractivity contribution is 5.85. The van der Waals surface area contributed by atoms with Crippen molar-refractivity contribution < 1.29 is 19.1 Å². The number of hydrogen-bond donors (Lipinski definition) is 1. The zero-order valence-electron chi connectivity index (χ0n) is 9.31. The zero-order chi connectivity index (χ0) is 12.6.